The van der Waals surface area contributed by atoms with E-state index in [0.717, 1.165) is 18.8 Å². The zero-order chi connectivity index (χ0) is 19.1. The minimum atomic E-state index is 0.837. The lowest BCUT2D eigenvalue weighted by molar-refractivity contribution is 0.480. The molecule has 1 atom stereocenters. The molecule has 0 aromatic heterocycles. The van der Waals surface area contributed by atoms with E-state index < -0.39 is 0 Å². The van der Waals surface area contributed by atoms with Gasteiger partial charge < -0.3 is 0 Å². The van der Waals surface area contributed by atoms with Gasteiger partial charge in [0.2, 0.25) is 0 Å². The van der Waals surface area contributed by atoms with E-state index in [1.54, 1.807) is 0 Å². The molecule has 0 amide bonds. The molecule has 0 fully saturated rings. The topological polar surface area (TPSA) is 0 Å². The van der Waals surface area contributed by atoms with Crippen LogP contribution >= 0.6 is 0 Å². The highest BCUT2D eigenvalue weighted by Crippen LogP contribution is 2.16. The summed E-state index contributed by atoms with van der Waals surface area (Å²) in [7, 11) is 0. The molecule has 0 aromatic rings. The van der Waals surface area contributed by atoms with Crippen LogP contribution < -0.4 is 0 Å². The second kappa shape index (κ2) is 23.0. The Balaban J connectivity index is 2.99. The lowest BCUT2D eigenvalue weighted by atomic mass is 9.99. The molecule has 0 saturated carbocycles. The summed E-state index contributed by atoms with van der Waals surface area (Å²) in [5.74, 6) is 0.837. The fraction of sp³-hybridized carbons (Fsp3) is 0.923. The monoisotopic (exact) mass is 364 g/mol. The quantitative estimate of drug-likeness (QED) is 0.168. The van der Waals surface area contributed by atoms with Gasteiger partial charge >= 0.3 is 0 Å². The summed E-state index contributed by atoms with van der Waals surface area (Å²) in [5.41, 5.74) is 0. The summed E-state index contributed by atoms with van der Waals surface area (Å²) in [5, 5.41) is 0. The second-order valence-corrected chi connectivity index (χ2v) is 8.75. The maximum Gasteiger partial charge on any atom is -0.0443 e. The number of unbranched alkanes of at least 4 members (excludes halogenated alkanes) is 19. The highest BCUT2D eigenvalue weighted by molar-refractivity contribution is 4.55. The maximum absolute atomic E-state index is 3.99. The number of hydrogen-bond acceptors (Lipinski definition) is 0. The molecule has 0 aliphatic carbocycles. The summed E-state index contributed by atoms with van der Waals surface area (Å²) in [4.78, 5) is 0. The molecule has 0 aliphatic heterocycles. The van der Waals surface area contributed by atoms with Gasteiger partial charge in [0.15, 0.2) is 0 Å². The fourth-order valence-corrected chi connectivity index (χ4v) is 3.82. The van der Waals surface area contributed by atoms with Gasteiger partial charge in [0.1, 0.15) is 0 Å². The molecule has 0 heterocycles. The van der Waals surface area contributed by atoms with Crippen LogP contribution in [0.1, 0.15) is 148 Å². The van der Waals surface area contributed by atoms with Gasteiger partial charge in [-0.2, -0.15) is 0 Å². The Morgan fingerprint density at radius 3 is 0.962 bits per heavy atom. The SMILES string of the molecule is [CH2]CCCCCCCCCCCCCCCCCCCCCC(C)C[CH2]. The summed E-state index contributed by atoms with van der Waals surface area (Å²) in [6.45, 7) is 10.2. The molecule has 0 heteroatoms. The van der Waals surface area contributed by atoms with Crippen molar-refractivity contribution < 1.29 is 0 Å². The lowest BCUT2D eigenvalue weighted by Crippen LogP contribution is -1.91. The summed E-state index contributed by atoms with van der Waals surface area (Å²) >= 11 is 0. The van der Waals surface area contributed by atoms with Crippen LogP contribution in [0.15, 0.2) is 0 Å². The van der Waals surface area contributed by atoms with Crippen LogP contribution in [0.2, 0.25) is 0 Å². The Kier molecular flexibility index (Phi) is 23.0. The van der Waals surface area contributed by atoms with Crippen molar-refractivity contribution in [3.05, 3.63) is 13.8 Å². The van der Waals surface area contributed by atoms with E-state index in [2.05, 4.69) is 20.8 Å². The van der Waals surface area contributed by atoms with Gasteiger partial charge in [-0.1, -0.05) is 162 Å². The van der Waals surface area contributed by atoms with Gasteiger partial charge in [-0.05, 0) is 5.92 Å². The molecule has 1 unspecified atom stereocenters. The Morgan fingerprint density at radius 2 is 0.692 bits per heavy atom. The van der Waals surface area contributed by atoms with Crippen LogP contribution in [0.4, 0.5) is 0 Å². The Bertz CT molecular complexity index is 232. The lowest BCUT2D eigenvalue weighted by Gasteiger charge is -2.07. The van der Waals surface area contributed by atoms with E-state index in [4.69, 9.17) is 0 Å². The van der Waals surface area contributed by atoms with Crippen molar-refractivity contribution >= 4 is 0 Å². The average Bonchev–Trinajstić information content (AvgIpc) is 2.66. The zero-order valence-electron chi connectivity index (χ0n) is 18.5. The van der Waals surface area contributed by atoms with Crippen molar-refractivity contribution in [3.8, 4) is 0 Å². The maximum atomic E-state index is 3.99. The third-order valence-electron chi connectivity index (χ3n) is 5.94. The second-order valence-electron chi connectivity index (χ2n) is 8.75. The van der Waals surface area contributed by atoms with Gasteiger partial charge in [-0.25, -0.2) is 0 Å². The summed E-state index contributed by atoms with van der Waals surface area (Å²) in [6, 6.07) is 0. The number of rotatable bonds is 22. The molecule has 0 saturated heterocycles. The molecular formula is C26H52. The molecule has 0 N–H and O–H groups in total. The molecule has 0 aromatic carbocycles. The smallest absolute Gasteiger partial charge is 0.0443 e. The molecule has 26 heavy (non-hydrogen) atoms. The van der Waals surface area contributed by atoms with Gasteiger partial charge in [-0.3, -0.25) is 0 Å². The number of hydrogen-bond donors (Lipinski definition) is 0. The summed E-state index contributed by atoms with van der Waals surface area (Å²) in [6.07, 6.45) is 31.3. The van der Waals surface area contributed by atoms with E-state index in [9.17, 15) is 0 Å². The minimum absolute atomic E-state index is 0.837. The van der Waals surface area contributed by atoms with Crippen LogP contribution in [0, 0.1) is 19.8 Å². The minimum Gasteiger partial charge on any atom is -0.0625 e. The van der Waals surface area contributed by atoms with E-state index in [1.165, 1.54) is 128 Å². The Morgan fingerprint density at radius 1 is 0.423 bits per heavy atom. The molecule has 0 nitrogen and oxygen atoms in total. The van der Waals surface area contributed by atoms with Crippen LogP contribution in [0.3, 0.4) is 0 Å². The predicted molar refractivity (Wildman–Crippen MR) is 121 cm³/mol. The first-order valence-electron chi connectivity index (χ1n) is 12.4. The van der Waals surface area contributed by atoms with Crippen molar-refractivity contribution in [3.63, 3.8) is 0 Å². The van der Waals surface area contributed by atoms with E-state index in [-0.39, 0.29) is 0 Å². The van der Waals surface area contributed by atoms with E-state index >= 15 is 0 Å². The summed E-state index contributed by atoms with van der Waals surface area (Å²) < 4.78 is 0. The van der Waals surface area contributed by atoms with Gasteiger partial charge in [0.05, 0.1) is 0 Å². The van der Waals surface area contributed by atoms with Crippen molar-refractivity contribution in [2.75, 3.05) is 0 Å². The first-order valence-corrected chi connectivity index (χ1v) is 12.4. The van der Waals surface area contributed by atoms with Crippen molar-refractivity contribution in [1.82, 2.24) is 0 Å². The van der Waals surface area contributed by atoms with E-state index in [1.807, 2.05) is 0 Å². The standard InChI is InChI=1S/C26H52/c1-4-6-7-8-9-10-11-12-13-14-15-16-17-18-19-20-21-22-23-24-25-26(3)5-2/h26H,1-2,4-25H2,3H3. The van der Waals surface area contributed by atoms with Crippen LogP contribution in [0.5, 0.6) is 0 Å². The molecule has 0 aliphatic rings. The van der Waals surface area contributed by atoms with Crippen LogP contribution in [-0.4, -0.2) is 0 Å². The highest BCUT2D eigenvalue weighted by atomic mass is 14.0. The van der Waals surface area contributed by atoms with Crippen molar-refractivity contribution in [1.29, 1.82) is 0 Å². The highest BCUT2D eigenvalue weighted by Gasteiger charge is 1.98. The van der Waals surface area contributed by atoms with E-state index in [0.29, 0.717) is 0 Å². The predicted octanol–water partition coefficient (Wildman–Crippen LogP) is 9.87. The Labute approximate surface area is 168 Å². The van der Waals surface area contributed by atoms with Gasteiger partial charge in [-0.15, -0.1) is 0 Å². The zero-order valence-corrected chi connectivity index (χ0v) is 18.5. The molecule has 2 radical (unpaired) electrons. The normalized spacial score (nSPS) is 12.6. The van der Waals surface area contributed by atoms with Gasteiger partial charge in [0.25, 0.3) is 0 Å². The third-order valence-corrected chi connectivity index (χ3v) is 5.94. The molecular weight excluding hydrogens is 312 g/mol. The van der Waals surface area contributed by atoms with Crippen molar-refractivity contribution in [2.24, 2.45) is 5.92 Å². The third kappa shape index (κ3) is 22.0. The first-order chi connectivity index (χ1) is 12.8. The molecule has 156 valence electrons. The largest absolute Gasteiger partial charge is 0.0625 e. The van der Waals surface area contributed by atoms with Crippen LogP contribution in [0.25, 0.3) is 0 Å². The first kappa shape index (κ1) is 26.0. The van der Waals surface area contributed by atoms with Gasteiger partial charge in [0, 0.05) is 0 Å². The fourth-order valence-electron chi connectivity index (χ4n) is 3.82. The molecule has 0 spiro atoms. The molecule has 0 rings (SSSR count). The van der Waals surface area contributed by atoms with Crippen LogP contribution in [-0.2, 0) is 0 Å². The average molecular weight is 365 g/mol. The van der Waals surface area contributed by atoms with Crippen molar-refractivity contribution in [2.45, 2.75) is 148 Å². The Hall–Kier alpha value is 0. The molecule has 0 bridgehead atoms.